The predicted octanol–water partition coefficient (Wildman–Crippen LogP) is 4.05. The molecular formula is C19H19NO3S. The standard InChI is InChI=1S/C19H19NO3S/c1-22-19(21)17-6-8-18(9-7-17)23-10-3-11-24-14-16-5-2-4-15(12-16)13-20/h2,4-9,12H,3,10-11,14H2,1H3. The summed E-state index contributed by atoms with van der Waals surface area (Å²) in [5, 5.41) is 8.87. The smallest absolute Gasteiger partial charge is 0.337 e. The number of thioether (sulfide) groups is 1. The van der Waals surface area contributed by atoms with Gasteiger partial charge in [0.25, 0.3) is 0 Å². The fraction of sp³-hybridized carbons (Fsp3) is 0.263. The van der Waals surface area contributed by atoms with Crippen molar-refractivity contribution in [2.24, 2.45) is 0 Å². The van der Waals surface area contributed by atoms with Gasteiger partial charge in [-0.2, -0.15) is 17.0 Å². The largest absolute Gasteiger partial charge is 0.494 e. The van der Waals surface area contributed by atoms with E-state index in [1.54, 1.807) is 24.3 Å². The van der Waals surface area contributed by atoms with Crippen LogP contribution in [0.1, 0.15) is 27.9 Å². The van der Waals surface area contributed by atoms with Gasteiger partial charge in [-0.25, -0.2) is 4.79 Å². The van der Waals surface area contributed by atoms with Gasteiger partial charge in [0.15, 0.2) is 0 Å². The number of hydrogen-bond donors (Lipinski definition) is 0. The second-order valence-corrected chi connectivity index (χ2v) is 6.19. The molecule has 0 fully saturated rings. The molecule has 0 radical (unpaired) electrons. The quantitative estimate of drug-likeness (QED) is 0.535. The Balaban J connectivity index is 1.64. The van der Waals surface area contributed by atoms with E-state index < -0.39 is 0 Å². The third kappa shape index (κ3) is 5.64. The third-order valence-electron chi connectivity index (χ3n) is 3.30. The normalized spacial score (nSPS) is 10.0. The van der Waals surface area contributed by atoms with Gasteiger partial charge in [0.2, 0.25) is 0 Å². The van der Waals surface area contributed by atoms with Crippen molar-refractivity contribution in [2.45, 2.75) is 12.2 Å². The summed E-state index contributed by atoms with van der Waals surface area (Å²) in [6, 6.07) is 16.8. The number of ether oxygens (including phenoxy) is 2. The zero-order valence-electron chi connectivity index (χ0n) is 13.5. The summed E-state index contributed by atoms with van der Waals surface area (Å²) < 4.78 is 10.3. The maximum atomic E-state index is 11.3. The predicted molar refractivity (Wildman–Crippen MR) is 95.2 cm³/mol. The molecule has 0 saturated heterocycles. The lowest BCUT2D eigenvalue weighted by atomic mass is 10.2. The fourth-order valence-electron chi connectivity index (χ4n) is 2.08. The molecule has 0 unspecified atom stereocenters. The number of hydrogen-bond acceptors (Lipinski definition) is 5. The van der Waals surface area contributed by atoms with Crippen LogP contribution in [0.2, 0.25) is 0 Å². The number of benzene rings is 2. The van der Waals surface area contributed by atoms with Crippen molar-refractivity contribution in [3.63, 3.8) is 0 Å². The summed E-state index contributed by atoms with van der Waals surface area (Å²) in [4.78, 5) is 11.3. The van der Waals surface area contributed by atoms with Crippen LogP contribution in [0.3, 0.4) is 0 Å². The van der Waals surface area contributed by atoms with E-state index in [0.29, 0.717) is 17.7 Å². The fourth-order valence-corrected chi connectivity index (χ4v) is 2.96. The highest BCUT2D eigenvalue weighted by Crippen LogP contribution is 2.16. The zero-order valence-corrected chi connectivity index (χ0v) is 14.3. The summed E-state index contributed by atoms with van der Waals surface area (Å²) in [5.74, 6) is 2.27. The molecule has 0 amide bonds. The Kier molecular flexibility index (Phi) is 7.19. The molecule has 2 aromatic carbocycles. The van der Waals surface area contributed by atoms with Crippen molar-refractivity contribution < 1.29 is 14.3 Å². The van der Waals surface area contributed by atoms with E-state index in [2.05, 4.69) is 10.8 Å². The Morgan fingerprint density at radius 3 is 2.71 bits per heavy atom. The monoisotopic (exact) mass is 341 g/mol. The SMILES string of the molecule is COC(=O)c1ccc(OCCCSCc2cccc(C#N)c2)cc1. The van der Waals surface area contributed by atoms with Crippen LogP contribution in [-0.2, 0) is 10.5 Å². The van der Waals surface area contributed by atoms with Crippen molar-refractivity contribution in [2.75, 3.05) is 19.5 Å². The molecule has 24 heavy (non-hydrogen) atoms. The third-order valence-corrected chi connectivity index (χ3v) is 4.42. The van der Waals surface area contributed by atoms with E-state index in [1.807, 2.05) is 36.0 Å². The highest BCUT2D eigenvalue weighted by molar-refractivity contribution is 7.98. The molecule has 0 heterocycles. The average molecular weight is 341 g/mol. The number of nitriles is 1. The molecule has 4 nitrogen and oxygen atoms in total. The van der Waals surface area contributed by atoms with Gasteiger partial charge in [-0.1, -0.05) is 12.1 Å². The van der Waals surface area contributed by atoms with Crippen LogP contribution in [0, 0.1) is 11.3 Å². The molecule has 0 saturated carbocycles. The van der Waals surface area contributed by atoms with Crippen molar-refractivity contribution in [1.29, 1.82) is 5.26 Å². The topological polar surface area (TPSA) is 59.3 Å². The van der Waals surface area contributed by atoms with Gasteiger partial charge >= 0.3 is 5.97 Å². The molecule has 0 aromatic heterocycles. The van der Waals surface area contributed by atoms with Gasteiger partial charge in [0, 0.05) is 5.75 Å². The van der Waals surface area contributed by atoms with Crippen LogP contribution in [0.5, 0.6) is 5.75 Å². The van der Waals surface area contributed by atoms with Crippen LogP contribution >= 0.6 is 11.8 Å². The molecule has 0 atom stereocenters. The first-order valence-electron chi connectivity index (χ1n) is 7.61. The highest BCUT2D eigenvalue weighted by atomic mass is 32.2. The first-order chi connectivity index (χ1) is 11.7. The molecule has 0 aliphatic rings. The highest BCUT2D eigenvalue weighted by Gasteiger charge is 2.04. The summed E-state index contributed by atoms with van der Waals surface area (Å²) in [7, 11) is 1.36. The average Bonchev–Trinajstić information content (AvgIpc) is 2.64. The van der Waals surface area contributed by atoms with Gasteiger partial charge in [-0.3, -0.25) is 0 Å². The van der Waals surface area contributed by atoms with Gasteiger partial charge < -0.3 is 9.47 Å². The molecule has 2 aromatic rings. The molecular weight excluding hydrogens is 322 g/mol. The summed E-state index contributed by atoms with van der Waals surface area (Å²) in [6.45, 7) is 0.628. The van der Waals surface area contributed by atoms with E-state index in [9.17, 15) is 4.79 Å². The van der Waals surface area contributed by atoms with E-state index in [0.717, 1.165) is 23.7 Å². The second-order valence-electron chi connectivity index (χ2n) is 5.08. The Hall–Kier alpha value is -2.45. The number of carbonyl (C=O) groups is 1. The van der Waals surface area contributed by atoms with Crippen LogP contribution < -0.4 is 4.74 Å². The lowest BCUT2D eigenvalue weighted by Gasteiger charge is -2.07. The molecule has 0 bridgehead atoms. The molecule has 0 N–H and O–H groups in total. The van der Waals surface area contributed by atoms with E-state index in [-0.39, 0.29) is 5.97 Å². The summed E-state index contributed by atoms with van der Waals surface area (Å²) >= 11 is 1.82. The lowest BCUT2D eigenvalue weighted by molar-refractivity contribution is 0.0600. The number of nitrogens with zero attached hydrogens (tertiary/aromatic N) is 1. The maximum Gasteiger partial charge on any atom is 0.337 e. The molecule has 124 valence electrons. The first kappa shape index (κ1) is 17.9. The Morgan fingerprint density at radius 1 is 1.21 bits per heavy atom. The zero-order chi connectivity index (χ0) is 17.2. The Morgan fingerprint density at radius 2 is 2.00 bits per heavy atom. The van der Waals surface area contributed by atoms with Gasteiger partial charge in [-0.05, 0) is 54.1 Å². The Bertz CT molecular complexity index is 707. The second kappa shape index (κ2) is 9.64. The molecule has 2 rings (SSSR count). The summed E-state index contributed by atoms with van der Waals surface area (Å²) in [6.07, 6.45) is 0.932. The minimum absolute atomic E-state index is 0.349. The van der Waals surface area contributed by atoms with Crippen molar-refractivity contribution in [1.82, 2.24) is 0 Å². The van der Waals surface area contributed by atoms with E-state index in [4.69, 9.17) is 10.00 Å². The minimum atomic E-state index is -0.349. The lowest BCUT2D eigenvalue weighted by Crippen LogP contribution is -2.02. The molecule has 5 heteroatoms. The molecule has 0 aliphatic carbocycles. The van der Waals surface area contributed by atoms with Crippen molar-refractivity contribution in [3.8, 4) is 11.8 Å². The summed E-state index contributed by atoms with van der Waals surface area (Å²) in [5.41, 5.74) is 2.38. The van der Waals surface area contributed by atoms with Gasteiger partial charge in [0.1, 0.15) is 5.75 Å². The molecule has 0 spiro atoms. The van der Waals surface area contributed by atoms with Crippen LogP contribution in [0.15, 0.2) is 48.5 Å². The van der Waals surface area contributed by atoms with E-state index in [1.165, 1.54) is 12.7 Å². The van der Waals surface area contributed by atoms with E-state index >= 15 is 0 Å². The molecule has 0 aliphatic heterocycles. The number of methoxy groups -OCH3 is 1. The number of rotatable bonds is 8. The minimum Gasteiger partial charge on any atom is -0.494 e. The van der Waals surface area contributed by atoms with Gasteiger partial charge in [-0.15, -0.1) is 0 Å². The first-order valence-corrected chi connectivity index (χ1v) is 8.76. The van der Waals surface area contributed by atoms with Gasteiger partial charge in [0.05, 0.1) is 30.9 Å². The van der Waals surface area contributed by atoms with Crippen LogP contribution in [-0.4, -0.2) is 25.4 Å². The Labute approximate surface area is 146 Å². The van der Waals surface area contributed by atoms with Crippen molar-refractivity contribution >= 4 is 17.7 Å². The number of esters is 1. The van der Waals surface area contributed by atoms with Crippen molar-refractivity contribution in [3.05, 3.63) is 65.2 Å². The van der Waals surface area contributed by atoms with Crippen LogP contribution in [0.25, 0.3) is 0 Å². The van der Waals surface area contributed by atoms with Crippen LogP contribution in [0.4, 0.5) is 0 Å². The maximum absolute atomic E-state index is 11.3. The number of carbonyl (C=O) groups excluding carboxylic acids is 1.